The van der Waals surface area contributed by atoms with E-state index in [0.717, 1.165) is 41.4 Å². The van der Waals surface area contributed by atoms with Crippen LogP contribution in [0.2, 0.25) is 0 Å². The number of fused-ring (bicyclic) bond motifs is 4. The lowest BCUT2D eigenvalue weighted by Crippen LogP contribution is -2.30. The van der Waals surface area contributed by atoms with Gasteiger partial charge in [0, 0.05) is 36.0 Å². The zero-order valence-electron chi connectivity index (χ0n) is 19.2. The van der Waals surface area contributed by atoms with Gasteiger partial charge in [0.2, 0.25) is 0 Å². The van der Waals surface area contributed by atoms with Gasteiger partial charge in [0.25, 0.3) is 0 Å². The Hall–Kier alpha value is -1.35. The Kier molecular flexibility index (Phi) is 4.44. The van der Waals surface area contributed by atoms with Crippen molar-refractivity contribution in [2.24, 2.45) is 29.1 Å². The van der Waals surface area contributed by atoms with Gasteiger partial charge < -0.3 is 9.42 Å². The molecular formula is C26H38N2O. The molecule has 1 saturated heterocycles. The SMILES string of the molecule is CC(C)(C)c1noc2c3c(ccc12)CC(CN1C[C@H]2CC(C(C)(C)C)C[C@H]2C1)C3. The van der Waals surface area contributed by atoms with Gasteiger partial charge in [0.05, 0.1) is 5.69 Å². The van der Waals surface area contributed by atoms with Crippen molar-refractivity contribution in [1.82, 2.24) is 10.1 Å². The molecule has 0 spiro atoms. The highest BCUT2D eigenvalue weighted by atomic mass is 16.5. The minimum Gasteiger partial charge on any atom is -0.356 e. The molecule has 0 N–H and O–H groups in total. The molecule has 2 heterocycles. The minimum absolute atomic E-state index is 0.0236. The molecule has 5 rings (SSSR count). The third-order valence-electron chi connectivity index (χ3n) is 8.12. The Morgan fingerprint density at radius 2 is 1.69 bits per heavy atom. The summed E-state index contributed by atoms with van der Waals surface area (Å²) in [7, 11) is 0. The third kappa shape index (κ3) is 3.44. The first-order valence-electron chi connectivity index (χ1n) is 11.7. The van der Waals surface area contributed by atoms with Gasteiger partial charge in [0.15, 0.2) is 5.58 Å². The van der Waals surface area contributed by atoms with Crippen LogP contribution < -0.4 is 0 Å². The molecule has 0 bridgehead atoms. The van der Waals surface area contributed by atoms with E-state index >= 15 is 0 Å². The average molecular weight is 395 g/mol. The predicted molar refractivity (Wildman–Crippen MR) is 119 cm³/mol. The van der Waals surface area contributed by atoms with E-state index in [0.29, 0.717) is 5.41 Å². The van der Waals surface area contributed by atoms with E-state index in [1.54, 1.807) is 0 Å². The smallest absolute Gasteiger partial charge is 0.170 e. The summed E-state index contributed by atoms with van der Waals surface area (Å²) in [4.78, 5) is 2.78. The van der Waals surface area contributed by atoms with E-state index < -0.39 is 0 Å². The van der Waals surface area contributed by atoms with Crippen LogP contribution in [0, 0.1) is 29.1 Å². The summed E-state index contributed by atoms with van der Waals surface area (Å²) >= 11 is 0. The lowest BCUT2D eigenvalue weighted by atomic mass is 9.79. The van der Waals surface area contributed by atoms with Crippen molar-refractivity contribution in [3.05, 3.63) is 29.0 Å². The van der Waals surface area contributed by atoms with Gasteiger partial charge in [-0.05, 0) is 66.4 Å². The maximum absolute atomic E-state index is 5.88. The summed E-state index contributed by atoms with van der Waals surface area (Å²) in [6, 6.07) is 4.59. The van der Waals surface area contributed by atoms with E-state index in [1.807, 2.05) is 0 Å². The molecule has 0 radical (unpaired) electrons. The highest BCUT2D eigenvalue weighted by Gasteiger charge is 2.44. The van der Waals surface area contributed by atoms with Crippen molar-refractivity contribution in [1.29, 1.82) is 0 Å². The number of hydrogen-bond acceptors (Lipinski definition) is 3. The summed E-state index contributed by atoms with van der Waals surface area (Å²) in [5, 5.41) is 5.68. The van der Waals surface area contributed by atoms with Crippen molar-refractivity contribution in [2.75, 3.05) is 19.6 Å². The lowest BCUT2D eigenvalue weighted by Gasteiger charge is -2.29. The molecule has 2 aromatic rings. The van der Waals surface area contributed by atoms with E-state index in [4.69, 9.17) is 4.52 Å². The molecule has 1 aliphatic heterocycles. The van der Waals surface area contributed by atoms with Crippen molar-refractivity contribution in [3.8, 4) is 0 Å². The first kappa shape index (κ1) is 19.6. The molecule has 3 heteroatoms. The number of likely N-dealkylation sites (tertiary alicyclic amines) is 1. The molecule has 1 saturated carbocycles. The summed E-state index contributed by atoms with van der Waals surface area (Å²) in [6.45, 7) is 17.9. The van der Waals surface area contributed by atoms with E-state index in [9.17, 15) is 0 Å². The molecule has 1 aromatic carbocycles. The Bertz CT molecular complexity index is 899. The number of hydrogen-bond donors (Lipinski definition) is 0. The van der Waals surface area contributed by atoms with Gasteiger partial charge >= 0.3 is 0 Å². The number of rotatable bonds is 2. The second kappa shape index (κ2) is 6.57. The van der Waals surface area contributed by atoms with Crippen molar-refractivity contribution >= 4 is 11.0 Å². The van der Waals surface area contributed by atoms with Crippen molar-refractivity contribution < 1.29 is 4.52 Å². The molecule has 1 aromatic heterocycles. The van der Waals surface area contributed by atoms with Crippen LogP contribution in [0.15, 0.2) is 16.7 Å². The van der Waals surface area contributed by atoms with Gasteiger partial charge in [-0.2, -0.15) is 0 Å². The minimum atomic E-state index is 0.0236. The van der Waals surface area contributed by atoms with Crippen LogP contribution in [0.1, 0.15) is 71.2 Å². The average Bonchev–Trinajstić information content (AvgIpc) is 3.32. The Balaban J connectivity index is 1.26. The topological polar surface area (TPSA) is 29.3 Å². The first-order chi connectivity index (χ1) is 13.6. The zero-order valence-corrected chi connectivity index (χ0v) is 19.2. The number of nitrogens with zero attached hydrogens (tertiary/aromatic N) is 2. The zero-order chi connectivity index (χ0) is 20.6. The molecule has 2 fully saturated rings. The molecule has 2 unspecified atom stereocenters. The van der Waals surface area contributed by atoms with Gasteiger partial charge in [0.1, 0.15) is 0 Å². The fourth-order valence-electron chi connectivity index (χ4n) is 6.48. The molecular weight excluding hydrogens is 356 g/mol. The number of benzene rings is 1. The van der Waals surface area contributed by atoms with E-state index in [2.05, 4.69) is 63.7 Å². The third-order valence-corrected chi connectivity index (χ3v) is 8.12. The molecule has 3 aliphatic rings. The first-order valence-corrected chi connectivity index (χ1v) is 11.7. The quantitative estimate of drug-likeness (QED) is 0.640. The highest BCUT2D eigenvalue weighted by Crippen LogP contribution is 2.48. The summed E-state index contributed by atoms with van der Waals surface area (Å²) in [5.74, 6) is 3.54. The molecule has 3 nitrogen and oxygen atoms in total. The lowest BCUT2D eigenvalue weighted by molar-refractivity contribution is 0.202. The summed E-state index contributed by atoms with van der Waals surface area (Å²) in [6.07, 6.45) is 5.25. The van der Waals surface area contributed by atoms with Gasteiger partial charge in [-0.3, -0.25) is 0 Å². The summed E-state index contributed by atoms with van der Waals surface area (Å²) in [5.41, 5.74) is 5.58. The van der Waals surface area contributed by atoms with Crippen LogP contribution >= 0.6 is 0 Å². The molecule has 0 amide bonds. The van der Waals surface area contributed by atoms with Crippen LogP contribution in [0.4, 0.5) is 0 Å². The molecule has 4 atom stereocenters. The number of aromatic nitrogens is 1. The predicted octanol–water partition coefficient (Wildman–Crippen LogP) is 5.84. The second-order valence-corrected chi connectivity index (χ2v) is 12.4. The van der Waals surface area contributed by atoms with Crippen molar-refractivity contribution in [3.63, 3.8) is 0 Å². The maximum Gasteiger partial charge on any atom is 0.170 e. The summed E-state index contributed by atoms with van der Waals surface area (Å²) < 4.78 is 5.88. The Morgan fingerprint density at radius 1 is 1.00 bits per heavy atom. The highest BCUT2D eigenvalue weighted by molar-refractivity contribution is 5.85. The van der Waals surface area contributed by atoms with Gasteiger partial charge in [-0.15, -0.1) is 0 Å². The maximum atomic E-state index is 5.88. The van der Waals surface area contributed by atoms with Crippen LogP contribution in [-0.4, -0.2) is 29.7 Å². The van der Waals surface area contributed by atoms with E-state index in [1.165, 1.54) is 55.4 Å². The fourth-order valence-corrected chi connectivity index (χ4v) is 6.48. The monoisotopic (exact) mass is 394 g/mol. The standard InChI is InChI=1S/C26H38N2O/c1-25(2,3)20-11-18-14-28(15-19(18)12-20)13-16-9-17-7-8-21-23(22(17)10-16)29-27-24(21)26(4,5)6/h7-8,16,18-20H,9-15H2,1-6H3/t16?,18-,19+,20?. The Morgan fingerprint density at radius 3 is 2.31 bits per heavy atom. The molecule has 29 heavy (non-hydrogen) atoms. The van der Waals surface area contributed by atoms with Crippen LogP contribution in [0.5, 0.6) is 0 Å². The molecule has 2 aliphatic carbocycles. The van der Waals surface area contributed by atoms with Crippen LogP contribution in [0.25, 0.3) is 11.0 Å². The van der Waals surface area contributed by atoms with Crippen LogP contribution in [0.3, 0.4) is 0 Å². The largest absolute Gasteiger partial charge is 0.356 e. The van der Waals surface area contributed by atoms with Crippen LogP contribution in [-0.2, 0) is 18.3 Å². The fraction of sp³-hybridized carbons (Fsp3) is 0.731. The molecule has 158 valence electrons. The Labute approximate surface area is 176 Å². The van der Waals surface area contributed by atoms with E-state index in [-0.39, 0.29) is 5.41 Å². The van der Waals surface area contributed by atoms with Crippen molar-refractivity contribution in [2.45, 2.75) is 72.6 Å². The van der Waals surface area contributed by atoms with Gasteiger partial charge in [-0.1, -0.05) is 52.8 Å². The normalized spacial score (nSPS) is 30.3. The second-order valence-electron chi connectivity index (χ2n) is 12.4. The van der Waals surface area contributed by atoms with Gasteiger partial charge in [-0.25, -0.2) is 0 Å².